The topological polar surface area (TPSA) is 50.8 Å². The zero-order valence-electron chi connectivity index (χ0n) is 12.4. The molecule has 1 fully saturated rings. The van der Waals surface area contributed by atoms with Crippen LogP contribution in [0, 0.1) is 0 Å². The monoisotopic (exact) mass is 290 g/mol. The molecule has 21 heavy (non-hydrogen) atoms. The van der Waals surface area contributed by atoms with Gasteiger partial charge in [-0.05, 0) is 17.7 Å². The van der Waals surface area contributed by atoms with Crippen LogP contribution in [-0.4, -0.2) is 50.3 Å². The minimum atomic E-state index is -0.376. The molecule has 0 aliphatic carbocycles. The van der Waals surface area contributed by atoms with Crippen molar-refractivity contribution in [2.45, 2.75) is 12.6 Å². The number of likely N-dealkylation sites (N-methyl/N-ethyl adjacent to an activating group) is 1. The first-order chi connectivity index (χ1) is 10.2. The van der Waals surface area contributed by atoms with Crippen LogP contribution in [-0.2, 0) is 16.1 Å². The number of ether oxygens (including phenoxy) is 2. The summed E-state index contributed by atoms with van der Waals surface area (Å²) < 4.78 is 10.9. The highest BCUT2D eigenvalue weighted by Crippen LogP contribution is 2.14. The molecule has 1 aromatic rings. The van der Waals surface area contributed by atoms with E-state index in [0.717, 1.165) is 17.9 Å². The van der Waals surface area contributed by atoms with Gasteiger partial charge in [-0.2, -0.15) is 0 Å². The van der Waals surface area contributed by atoms with Crippen molar-refractivity contribution < 1.29 is 14.3 Å². The molecule has 1 aliphatic heterocycles. The number of carbonyl (C=O) groups excluding carboxylic acids is 1. The first kappa shape index (κ1) is 15.5. The Hall–Kier alpha value is -1.85. The SMILES string of the molecule is C=CCOc1ccc(CN(C)C(=O)C2CNCCO2)cc1. The number of nitrogens with zero attached hydrogens (tertiary/aromatic N) is 1. The van der Waals surface area contributed by atoms with E-state index in [1.165, 1.54) is 0 Å². The highest BCUT2D eigenvalue weighted by Gasteiger charge is 2.24. The molecule has 5 nitrogen and oxygen atoms in total. The van der Waals surface area contributed by atoms with Crippen molar-refractivity contribution in [3.63, 3.8) is 0 Å². The standard InChI is InChI=1S/C16H22N2O3/c1-3-9-20-14-6-4-13(5-7-14)12-18(2)16(19)15-11-17-8-10-21-15/h3-7,15,17H,1,8-12H2,2H3. The summed E-state index contributed by atoms with van der Waals surface area (Å²) in [6.45, 7) is 6.63. The van der Waals surface area contributed by atoms with Crippen LogP contribution in [0.2, 0.25) is 0 Å². The van der Waals surface area contributed by atoms with Crippen LogP contribution >= 0.6 is 0 Å². The summed E-state index contributed by atoms with van der Waals surface area (Å²) in [4.78, 5) is 13.9. The lowest BCUT2D eigenvalue weighted by molar-refractivity contribution is -0.144. The molecule has 1 heterocycles. The maximum absolute atomic E-state index is 12.2. The van der Waals surface area contributed by atoms with E-state index in [0.29, 0.717) is 26.3 Å². The molecule has 1 atom stereocenters. The first-order valence-corrected chi connectivity index (χ1v) is 7.10. The highest BCUT2D eigenvalue weighted by molar-refractivity contribution is 5.81. The third-order valence-corrected chi connectivity index (χ3v) is 3.29. The summed E-state index contributed by atoms with van der Waals surface area (Å²) in [5.41, 5.74) is 1.06. The summed E-state index contributed by atoms with van der Waals surface area (Å²) in [6, 6.07) is 7.72. The van der Waals surface area contributed by atoms with E-state index in [1.54, 1.807) is 18.0 Å². The second kappa shape index (κ2) is 7.81. The lowest BCUT2D eigenvalue weighted by atomic mass is 10.2. The van der Waals surface area contributed by atoms with Gasteiger partial charge in [0.1, 0.15) is 18.5 Å². The number of hydrogen-bond acceptors (Lipinski definition) is 4. The van der Waals surface area contributed by atoms with Gasteiger partial charge in [0.05, 0.1) is 6.61 Å². The molecule has 0 saturated carbocycles. The maximum Gasteiger partial charge on any atom is 0.253 e. The minimum absolute atomic E-state index is 0.00850. The van der Waals surface area contributed by atoms with Crippen molar-refractivity contribution in [1.29, 1.82) is 0 Å². The van der Waals surface area contributed by atoms with Crippen LogP contribution in [0.15, 0.2) is 36.9 Å². The van der Waals surface area contributed by atoms with Gasteiger partial charge in [0.2, 0.25) is 0 Å². The maximum atomic E-state index is 12.2. The minimum Gasteiger partial charge on any atom is -0.490 e. The van der Waals surface area contributed by atoms with E-state index in [-0.39, 0.29) is 12.0 Å². The Morgan fingerprint density at radius 1 is 1.52 bits per heavy atom. The Bertz CT molecular complexity index is 467. The van der Waals surface area contributed by atoms with Crippen molar-refractivity contribution in [3.05, 3.63) is 42.5 Å². The summed E-state index contributed by atoms with van der Waals surface area (Å²) >= 11 is 0. The predicted molar refractivity (Wildman–Crippen MR) is 81.2 cm³/mol. The summed E-state index contributed by atoms with van der Waals surface area (Å²) in [7, 11) is 1.79. The van der Waals surface area contributed by atoms with E-state index >= 15 is 0 Å². The first-order valence-electron chi connectivity index (χ1n) is 7.10. The number of hydrogen-bond donors (Lipinski definition) is 1. The molecule has 1 amide bonds. The van der Waals surface area contributed by atoms with Gasteiger partial charge in [0.15, 0.2) is 0 Å². The van der Waals surface area contributed by atoms with E-state index in [9.17, 15) is 4.79 Å². The molecule has 0 radical (unpaired) electrons. The van der Waals surface area contributed by atoms with Crippen LogP contribution in [0.4, 0.5) is 0 Å². The van der Waals surface area contributed by atoms with Crippen LogP contribution in [0.25, 0.3) is 0 Å². The molecule has 2 rings (SSSR count). The van der Waals surface area contributed by atoms with Gasteiger partial charge in [-0.25, -0.2) is 0 Å². The largest absolute Gasteiger partial charge is 0.490 e. The zero-order chi connectivity index (χ0) is 15.1. The third kappa shape index (κ3) is 4.58. The van der Waals surface area contributed by atoms with Gasteiger partial charge in [0, 0.05) is 26.7 Å². The Labute approximate surface area is 125 Å². The van der Waals surface area contributed by atoms with Crippen LogP contribution in [0.1, 0.15) is 5.56 Å². The van der Waals surface area contributed by atoms with E-state index in [2.05, 4.69) is 11.9 Å². The van der Waals surface area contributed by atoms with Crippen LogP contribution in [0.5, 0.6) is 5.75 Å². The lowest BCUT2D eigenvalue weighted by Crippen LogP contribution is -2.48. The number of amides is 1. The Kier molecular flexibility index (Phi) is 5.78. The summed E-state index contributed by atoms with van der Waals surface area (Å²) in [6.07, 6.45) is 1.33. The molecule has 1 saturated heterocycles. The molecular formula is C16H22N2O3. The number of benzene rings is 1. The molecule has 0 aromatic heterocycles. The zero-order valence-corrected chi connectivity index (χ0v) is 12.4. The second-order valence-electron chi connectivity index (χ2n) is 5.00. The predicted octanol–water partition coefficient (Wildman–Crippen LogP) is 1.20. The quantitative estimate of drug-likeness (QED) is 0.800. The summed E-state index contributed by atoms with van der Waals surface area (Å²) in [5.74, 6) is 0.807. The van der Waals surface area contributed by atoms with Gasteiger partial charge in [-0.1, -0.05) is 24.8 Å². The van der Waals surface area contributed by atoms with Crippen molar-refractivity contribution >= 4 is 5.91 Å². The van der Waals surface area contributed by atoms with Gasteiger partial charge in [-0.3, -0.25) is 4.79 Å². The fraction of sp³-hybridized carbons (Fsp3) is 0.438. The van der Waals surface area contributed by atoms with Gasteiger partial charge < -0.3 is 19.7 Å². The molecule has 0 spiro atoms. The lowest BCUT2D eigenvalue weighted by Gasteiger charge is -2.27. The number of carbonyl (C=O) groups is 1. The van der Waals surface area contributed by atoms with Crippen molar-refractivity contribution in [3.8, 4) is 5.75 Å². The molecule has 1 N–H and O–H groups in total. The average Bonchev–Trinajstić information content (AvgIpc) is 2.54. The van der Waals surface area contributed by atoms with Crippen molar-refractivity contribution in [1.82, 2.24) is 10.2 Å². The van der Waals surface area contributed by atoms with Crippen molar-refractivity contribution in [2.24, 2.45) is 0 Å². The van der Waals surface area contributed by atoms with Crippen LogP contribution < -0.4 is 10.1 Å². The Morgan fingerprint density at radius 3 is 2.90 bits per heavy atom. The number of morpholine rings is 1. The van der Waals surface area contributed by atoms with E-state index in [1.807, 2.05) is 24.3 Å². The highest BCUT2D eigenvalue weighted by atomic mass is 16.5. The fourth-order valence-electron chi connectivity index (χ4n) is 2.17. The van der Waals surface area contributed by atoms with Gasteiger partial charge >= 0.3 is 0 Å². The Balaban J connectivity index is 1.87. The Morgan fingerprint density at radius 2 is 2.29 bits per heavy atom. The average molecular weight is 290 g/mol. The second-order valence-corrected chi connectivity index (χ2v) is 5.00. The number of rotatable bonds is 6. The smallest absolute Gasteiger partial charge is 0.253 e. The molecule has 1 aliphatic rings. The molecular weight excluding hydrogens is 268 g/mol. The van der Waals surface area contributed by atoms with Crippen molar-refractivity contribution in [2.75, 3.05) is 33.4 Å². The van der Waals surface area contributed by atoms with E-state index in [4.69, 9.17) is 9.47 Å². The normalized spacial score (nSPS) is 18.0. The molecule has 114 valence electrons. The molecule has 1 unspecified atom stereocenters. The molecule has 0 bridgehead atoms. The van der Waals surface area contributed by atoms with E-state index < -0.39 is 0 Å². The van der Waals surface area contributed by atoms with Gasteiger partial charge in [0.25, 0.3) is 5.91 Å². The fourth-order valence-corrected chi connectivity index (χ4v) is 2.17. The van der Waals surface area contributed by atoms with Gasteiger partial charge in [-0.15, -0.1) is 0 Å². The number of nitrogens with one attached hydrogen (secondary N) is 1. The van der Waals surface area contributed by atoms with Crippen LogP contribution in [0.3, 0.4) is 0 Å². The third-order valence-electron chi connectivity index (χ3n) is 3.29. The summed E-state index contributed by atoms with van der Waals surface area (Å²) in [5, 5.41) is 3.16. The molecule has 5 heteroatoms. The molecule has 1 aromatic carbocycles.